The Morgan fingerprint density at radius 3 is 2.50 bits per heavy atom. The summed E-state index contributed by atoms with van der Waals surface area (Å²) < 4.78 is 10.5. The summed E-state index contributed by atoms with van der Waals surface area (Å²) in [5, 5.41) is 2.67. The van der Waals surface area contributed by atoms with Crippen molar-refractivity contribution in [3.8, 4) is 0 Å². The maximum atomic E-state index is 11.5. The molecule has 1 saturated carbocycles. The molecular weight excluding hydrogens is 250 g/mol. The van der Waals surface area contributed by atoms with Crippen LogP contribution < -0.4 is 0 Å². The lowest BCUT2D eigenvalue weighted by molar-refractivity contribution is -0.0280. The fourth-order valence-corrected chi connectivity index (χ4v) is 3.51. The number of methoxy groups -OCH3 is 2. The molecule has 1 heterocycles. The average Bonchev–Trinajstić information content (AvgIpc) is 2.78. The number of hydrogen-bond donors (Lipinski definition) is 0. The van der Waals surface area contributed by atoms with Gasteiger partial charge in [-0.2, -0.15) is 0 Å². The highest BCUT2D eigenvalue weighted by Crippen LogP contribution is 2.40. The zero-order valence-corrected chi connectivity index (χ0v) is 11.7. The molecule has 0 radical (unpaired) electrons. The molecule has 1 fully saturated rings. The Balaban J connectivity index is 2.26. The molecule has 1 aromatic heterocycles. The number of hydrogen-bond acceptors (Lipinski definition) is 5. The topological polar surface area (TPSA) is 48.4 Å². The Kier molecular flexibility index (Phi) is 4.35. The van der Waals surface area contributed by atoms with Crippen LogP contribution in [0.15, 0.2) is 5.38 Å². The lowest BCUT2D eigenvalue weighted by Gasteiger charge is -2.28. The number of aromatic nitrogens is 1. The van der Waals surface area contributed by atoms with Crippen molar-refractivity contribution in [2.24, 2.45) is 0 Å². The van der Waals surface area contributed by atoms with Crippen LogP contribution >= 0.6 is 11.3 Å². The Morgan fingerprint density at radius 2 is 1.94 bits per heavy atom. The molecule has 0 aliphatic heterocycles. The molecular formula is C13H19NO3S. The number of thiazole rings is 1. The van der Waals surface area contributed by atoms with Gasteiger partial charge < -0.3 is 9.47 Å². The summed E-state index contributed by atoms with van der Waals surface area (Å²) >= 11 is 1.50. The van der Waals surface area contributed by atoms with Crippen molar-refractivity contribution in [1.82, 2.24) is 4.98 Å². The molecule has 1 aromatic rings. The largest absolute Gasteiger partial charge is 0.464 e. The molecule has 18 heavy (non-hydrogen) atoms. The second-order valence-corrected chi connectivity index (χ2v) is 5.50. The molecule has 2 rings (SSSR count). The zero-order chi connectivity index (χ0) is 13.0. The van der Waals surface area contributed by atoms with E-state index in [-0.39, 0.29) is 11.6 Å². The van der Waals surface area contributed by atoms with E-state index < -0.39 is 0 Å². The van der Waals surface area contributed by atoms with Crippen molar-refractivity contribution in [3.63, 3.8) is 0 Å². The maximum absolute atomic E-state index is 11.5. The molecule has 0 N–H and O–H groups in total. The van der Waals surface area contributed by atoms with Gasteiger partial charge in [-0.05, 0) is 12.8 Å². The summed E-state index contributed by atoms with van der Waals surface area (Å²) in [6.07, 6.45) is 6.78. The lowest BCUT2D eigenvalue weighted by atomic mass is 9.95. The number of carbonyl (C=O) groups is 1. The average molecular weight is 269 g/mol. The van der Waals surface area contributed by atoms with E-state index in [1.54, 1.807) is 12.5 Å². The van der Waals surface area contributed by atoms with Gasteiger partial charge in [0.1, 0.15) is 10.6 Å². The summed E-state index contributed by atoms with van der Waals surface area (Å²) in [6, 6.07) is 0. The smallest absolute Gasteiger partial charge is 0.357 e. The van der Waals surface area contributed by atoms with Crippen molar-refractivity contribution in [1.29, 1.82) is 0 Å². The SMILES string of the molecule is COC(=O)c1csc(C2(OC)CCCCCC2)n1. The Morgan fingerprint density at radius 1 is 1.28 bits per heavy atom. The van der Waals surface area contributed by atoms with Crippen LogP contribution in [-0.4, -0.2) is 25.2 Å². The van der Waals surface area contributed by atoms with Crippen molar-refractivity contribution < 1.29 is 14.3 Å². The van der Waals surface area contributed by atoms with E-state index in [0.29, 0.717) is 5.69 Å². The van der Waals surface area contributed by atoms with Crippen LogP contribution in [0.5, 0.6) is 0 Å². The predicted octanol–water partition coefficient (Wildman–Crippen LogP) is 3.13. The van der Waals surface area contributed by atoms with Gasteiger partial charge >= 0.3 is 5.97 Å². The minimum atomic E-state index is -0.377. The highest BCUT2D eigenvalue weighted by molar-refractivity contribution is 7.10. The second-order valence-electron chi connectivity index (χ2n) is 4.64. The van der Waals surface area contributed by atoms with E-state index in [2.05, 4.69) is 4.98 Å². The van der Waals surface area contributed by atoms with E-state index in [1.165, 1.54) is 31.3 Å². The molecule has 0 unspecified atom stereocenters. The van der Waals surface area contributed by atoms with E-state index >= 15 is 0 Å². The van der Waals surface area contributed by atoms with Crippen LogP contribution in [0.4, 0.5) is 0 Å². The van der Waals surface area contributed by atoms with Gasteiger partial charge in [0.25, 0.3) is 0 Å². The molecule has 4 nitrogen and oxygen atoms in total. The van der Waals surface area contributed by atoms with Crippen LogP contribution in [0.25, 0.3) is 0 Å². The summed E-state index contributed by atoms with van der Waals surface area (Å²) in [4.78, 5) is 15.9. The van der Waals surface area contributed by atoms with Crippen LogP contribution in [0.1, 0.15) is 54.0 Å². The normalized spacial score (nSPS) is 19.2. The van der Waals surface area contributed by atoms with Crippen LogP contribution in [0.2, 0.25) is 0 Å². The minimum Gasteiger partial charge on any atom is -0.464 e. The number of ether oxygens (including phenoxy) is 2. The maximum Gasteiger partial charge on any atom is 0.357 e. The quantitative estimate of drug-likeness (QED) is 0.625. The van der Waals surface area contributed by atoms with Gasteiger partial charge in [0.15, 0.2) is 5.69 Å². The molecule has 1 aliphatic rings. The number of carbonyl (C=O) groups excluding carboxylic acids is 1. The summed E-state index contributed by atoms with van der Waals surface area (Å²) in [6.45, 7) is 0. The first-order valence-corrected chi connectivity index (χ1v) is 7.19. The molecule has 0 aromatic carbocycles. The van der Waals surface area contributed by atoms with Gasteiger partial charge in [-0.1, -0.05) is 25.7 Å². The first kappa shape index (κ1) is 13.5. The predicted molar refractivity (Wildman–Crippen MR) is 69.8 cm³/mol. The molecule has 0 amide bonds. The second kappa shape index (κ2) is 5.80. The third-order valence-electron chi connectivity index (χ3n) is 3.59. The highest BCUT2D eigenvalue weighted by atomic mass is 32.1. The Hall–Kier alpha value is -0.940. The molecule has 1 aliphatic carbocycles. The standard InChI is InChI=1S/C13H19NO3S/c1-16-11(15)10-9-18-12(14-10)13(17-2)7-5-3-4-6-8-13/h9H,3-8H2,1-2H3. The number of esters is 1. The van der Waals surface area contributed by atoms with Crippen LogP contribution in [0.3, 0.4) is 0 Å². The van der Waals surface area contributed by atoms with Gasteiger partial charge in [-0.25, -0.2) is 9.78 Å². The van der Waals surface area contributed by atoms with Crippen LogP contribution in [0, 0.1) is 0 Å². The minimum absolute atomic E-state index is 0.298. The molecule has 0 bridgehead atoms. The summed E-state index contributed by atoms with van der Waals surface area (Å²) in [5.41, 5.74) is 0.0890. The van der Waals surface area contributed by atoms with E-state index in [0.717, 1.165) is 30.7 Å². The van der Waals surface area contributed by atoms with Gasteiger partial charge in [-0.3, -0.25) is 0 Å². The van der Waals surface area contributed by atoms with Gasteiger partial charge in [0.05, 0.1) is 7.11 Å². The van der Waals surface area contributed by atoms with Gasteiger partial charge in [0.2, 0.25) is 0 Å². The Labute approximate surface area is 111 Å². The third-order valence-corrected chi connectivity index (χ3v) is 4.62. The zero-order valence-electron chi connectivity index (χ0n) is 10.9. The lowest BCUT2D eigenvalue weighted by Crippen LogP contribution is -2.27. The van der Waals surface area contributed by atoms with Crippen LogP contribution in [-0.2, 0) is 15.1 Å². The highest BCUT2D eigenvalue weighted by Gasteiger charge is 2.36. The van der Waals surface area contributed by atoms with Crippen molar-refractivity contribution in [2.75, 3.05) is 14.2 Å². The summed E-state index contributed by atoms with van der Waals surface area (Å²) in [7, 11) is 3.11. The van der Waals surface area contributed by atoms with Gasteiger partial charge in [-0.15, -0.1) is 11.3 Å². The molecule has 0 atom stereocenters. The molecule has 0 spiro atoms. The number of rotatable bonds is 3. The Bertz CT molecular complexity index is 408. The summed E-state index contributed by atoms with van der Waals surface area (Å²) in [5.74, 6) is -0.377. The van der Waals surface area contributed by atoms with E-state index in [1.807, 2.05) is 0 Å². The first-order valence-electron chi connectivity index (χ1n) is 6.31. The number of nitrogens with zero attached hydrogens (tertiary/aromatic N) is 1. The van der Waals surface area contributed by atoms with Crippen molar-refractivity contribution in [3.05, 3.63) is 16.1 Å². The van der Waals surface area contributed by atoms with Gasteiger partial charge in [0, 0.05) is 12.5 Å². The first-order chi connectivity index (χ1) is 8.72. The monoisotopic (exact) mass is 269 g/mol. The van der Waals surface area contributed by atoms with E-state index in [4.69, 9.17) is 9.47 Å². The molecule has 5 heteroatoms. The molecule has 100 valence electrons. The molecule has 0 saturated heterocycles. The third kappa shape index (κ3) is 2.57. The fourth-order valence-electron chi connectivity index (χ4n) is 2.49. The van der Waals surface area contributed by atoms with Crippen molar-refractivity contribution >= 4 is 17.3 Å². The fraction of sp³-hybridized carbons (Fsp3) is 0.692. The van der Waals surface area contributed by atoms with E-state index in [9.17, 15) is 4.79 Å². The van der Waals surface area contributed by atoms with Crippen molar-refractivity contribution in [2.45, 2.75) is 44.1 Å².